The Morgan fingerprint density at radius 3 is 2.81 bits per heavy atom. The van der Waals surface area contributed by atoms with Gasteiger partial charge in [0.05, 0.1) is 5.39 Å². The van der Waals surface area contributed by atoms with Gasteiger partial charge in [-0.2, -0.15) is 5.26 Å². The van der Waals surface area contributed by atoms with Gasteiger partial charge in [-0.05, 0) is 18.9 Å². The van der Waals surface area contributed by atoms with Gasteiger partial charge >= 0.3 is 0 Å². The lowest BCUT2D eigenvalue weighted by Crippen LogP contribution is -2.09. The summed E-state index contributed by atoms with van der Waals surface area (Å²) >= 11 is 1.43. The van der Waals surface area contributed by atoms with Crippen molar-refractivity contribution in [2.24, 2.45) is 0 Å². The molecule has 0 fully saturated rings. The molecule has 0 spiro atoms. The number of aromatic nitrogens is 1. The summed E-state index contributed by atoms with van der Waals surface area (Å²) < 4.78 is 0. The molecule has 4 nitrogen and oxygen atoms in total. The predicted molar refractivity (Wildman–Crippen MR) is 62.9 cm³/mol. The zero-order valence-electron chi connectivity index (χ0n) is 8.92. The van der Waals surface area contributed by atoms with E-state index in [1.54, 1.807) is 6.07 Å². The van der Waals surface area contributed by atoms with Gasteiger partial charge in [0.15, 0.2) is 5.56 Å². The average molecular weight is 234 g/mol. The SMILES string of the molecule is CCc1c(C)sc2[nH]c(=O)c(C#N)c(O)c12. The van der Waals surface area contributed by atoms with Crippen molar-refractivity contribution < 1.29 is 5.11 Å². The number of hydrogen-bond acceptors (Lipinski definition) is 4. The van der Waals surface area contributed by atoms with E-state index in [1.165, 1.54) is 11.3 Å². The molecule has 0 saturated carbocycles. The summed E-state index contributed by atoms with van der Waals surface area (Å²) in [5.41, 5.74) is 0.252. The van der Waals surface area contributed by atoms with Crippen molar-refractivity contribution in [3.05, 3.63) is 26.4 Å². The highest BCUT2D eigenvalue weighted by Crippen LogP contribution is 2.35. The Labute approximate surface area is 95.8 Å². The second-order valence-corrected chi connectivity index (χ2v) is 4.71. The van der Waals surface area contributed by atoms with Gasteiger partial charge in [0.1, 0.15) is 16.6 Å². The molecule has 0 radical (unpaired) electrons. The number of nitrogens with zero attached hydrogens (tertiary/aromatic N) is 1. The first-order valence-electron chi connectivity index (χ1n) is 4.87. The molecule has 82 valence electrons. The number of aromatic amines is 1. The van der Waals surface area contributed by atoms with Gasteiger partial charge in [0.25, 0.3) is 5.56 Å². The lowest BCUT2D eigenvalue weighted by molar-refractivity contribution is 0.478. The fraction of sp³-hybridized carbons (Fsp3) is 0.273. The Hall–Kier alpha value is -1.80. The molecule has 2 N–H and O–H groups in total. The van der Waals surface area contributed by atoms with E-state index in [0.29, 0.717) is 10.2 Å². The quantitative estimate of drug-likeness (QED) is 0.792. The Kier molecular flexibility index (Phi) is 2.44. The zero-order chi connectivity index (χ0) is 11.9. The number of H-pyrrole nitrogens is 1. The number of nitrogens with one attached hydrogen (secondary N) is 1. The lowest BCUT2D eigenvalue weighted by atomic mass is 10.1. The van der Waals surface area contributed by atoms with Crippen molar-refractivity contribution in [1.29, 1.82) is 5.26 Å². The van der Waals surface area contributed by atoms with Crippen molar-refractivity contribution in [2.75, 3.05) is 0 Å². The van der Waals surface area contributed by atoms with E-state index < -0.39 is 5.56 Å². The maximum absolute atomic E-state index is 11.5. The summed E-state index contributed by atoms with van der Waals surface area (Å²) in [6, 6.07) is 1.73. The van der Waals surface area contributed by atoms with Gasteiger partial charge < -0.3 is 10.1 Å². The van der Waals surface area contributed by atoms with Crippen molar-refractivity contribution in [1.82, 2.24) is 4.98 Å². The molecular formula is C11H10N2O2S. The molecule has 2 aromatic heterocycles. The third-order valence-corrected chi connectivity index (χ3v) is 3.66. The number of thiophene rings is 1. The number of pyridine rings is 1. The monoisotopic (exact) mass is 234 g/mol. The summed E-state index contributed by atoms with van der Waals surface area (Å²) in [5, 5.41) is 19.3. The van der Waals surface area contributed by atoms with E-state index in [2.05, 4.69) is 4.98 Å². The summed E-state index contributed by atoms with van der Waals surface area (Å²) in [6.07, 6.45) is 0.760. The molecule has 2 aromatic rings. The average Bonchev–Trinajstić information content (AvgIpc) is 2.54. The molecule has 5 heteroatoms. The summed E-state index contributed by atoms with van der Waals surface area (Å²) in [4.78, 5) is 15.8. The zero-order valence-corrected chi connectivity index (χ0v) is 9.73. The smallest absolute Gasteiger partial charge is 0.270 e. The number of aryl methyl sites for hydroxylation is 2. The van der Waals surface area contributed by atoms with Crippen LogP contribution in [0.2, 0.25) is 0 Å². The first-order chi connectivity index (χ1) is 7.60. The number of nitriles is 1. The van der Waals surface area contributed by atoms with E-state index in [9.17, 15) is 9.90 Å². The van der Waals surface area contributed by atoms with Gasteiger partial charge in [-0.1, -0.05) is 6.92 Å². The predicted octanol–water partition coefficient (Wildman–Crippen LogP) is 2.04. The minimum Gasteiger partial charge on any atom is -0.506 e. The highest BCUT2D eigenvalue weighted by molar-refractivity contribution is 7.18. The Morgan fingerprint density at radius 2 is 2.25 bits per heavy atom. The third-order valence-electron chi connectivity index (χ3n) is 2.60. The molecule has 16 heavy (non-hydrogen) atoms. The van der Waals surface area contributed by atoms with E-state index in [0.717, 1.165) is 16.9 Å². The Bertz CT molecular complexity index is 661. The standard InChI is InChI=1S/C11H10N2O2S/c1-3-6-5(2)16-11-8(6)9(14)7(4-12)10(15)13-11/h3H2,1-2H3,(H2,13,14,15). The van der Waals surface area contributed by atoms with E-state index in [4.69, 9.17) is 5.26 Å². The molecule has 0 aliphatic heterocycles. The highest BCUT2D eigenvalue weighted by Gasteiger charge is 2.17. The third kappa shape index (κ3) is 1.31. The van der Waals surface area contributed by atoms with Crippen molar-refractivity contribution in [3.8, 4) is 11.8 Å². The van der Waals surface area contributed by atoms with E-state index in [-0.39, 0.29) is 11.3 Å². The summed E-state index contributed by atoms with van der Waals surface area (Å²) in [5.74, 6) is -0.192. The van der Waals surface area contributed by atoms with Crippen molar-refractivity contribution >= 4 is 21.6 Å². The fourth-order valence-electron chi connectivity index (χ4n) is 1.84. The van der Waals surface area contributed by atoms with Crippen LogP contribution in [0.4, 0.5) is 0 Å². The van der Waals surface area contributed by atoms with Crippen LogP contribution in [0.5, 0.6) is 5.75 Å². The molecule has 0 aliphatic rings. The van der Waals surface area contributed by atoms with Crippen molar-refractivity contribution in [2.45, 2.75) is 20.3 Å². The van der Waals surface area contributed by atoms with E-state index in [1.807, 2.05) is 13.8 Å². The number of rotatable bonds is 1. The van der Waals surface area contributed by atoms with Crippen molar-refractivity contribution in [3.63, 3.8) is 0 Å². The van der Waals surface area contributed by atoms with Crippen LogP contribution >= 0.6 is 11.3 Å². The molecule has 2 rings (SSSR count). The van der Waals surface area contributed by atoms with Crippen LogP contribution in [0, 0.1) is 18.3 Å². The van der Waals surface area contributed by atoms with Crippen LogP contribution in [0.1, 0.15) is 22.9 Å². The van der Waals surface area contributed by atoms with E-state index >= 15 is 0 Å². The fourth-order valence-corrected chi connectivity index (χ4v) is 2.99. The first kappa shape index (κ1) is 10.7. The number of hydrogen-bond donors (Lipinski definition) is 2. The molecule has 0 amide bonds. The van der Waals surface area contributed by atoms with Crippen LogP contribution < -0.4 is 5.56 Å². The Balaban J connectivity index is 3.02. The van der Waals surface area contributed by atoms with Gasteiger partial charge in [-0.25, -0.2) is 0 Å². The molecule has 2 heterocycles. The number of aromatic hydroxyl groups is 1. The van der Waals surface area contributed by atoms with Crippen LogP contribution in [0.25, 0.3) is 10.2 Å². The molecule has 0 aromatic carbocycles. The van der Waals surface area contributed by atoms with Crippen LogP contribution in [-0.4, -0.2) is 10.1 Å². The van der Waals surface area contributed by atoms with Gasteiger partial charge in [-0.3, -0.25) is 4.79 Å². The molecule has 0 unspecified atom stereocenters. The summed E-state index contributed by atoms with van der Waals surface area (Å²) in [7, 11) is 0. The molecule has 0 aliphatic carbocycles. The van der Waals surface area contributed by atoms with Gasteiger partial charge in [-0.15, -0.1) is 11.3 Å². The minimum atomic E-state index is -0.531. The molecule has 0 bridgehead atoms. The maximum atomic E-state index is 11.5. The maximum Gasteiger partial charge on any atom is 0.270 e. The number of fused-ring (bicyclic) bond motifs is 1. The first-order valence-corrected chi connectivity index (χ1v) is 5.69. The highest BCUT2D eigenvalue weighted by atomic mass is 32.1. The lowest BCUT2D eigenvalue weighted by Gasteiger charge is -2.00. The van der Waals surface area contributed by atoms with Crippen LogP contribution in [0.3, 0.4) is 0 Å². The molecule has 0 saturated heterocycles. The van der Waals surface area contributed by atoms with Crippen LogP contribution in [0.15, 0.2) is 4.79 Å². The minimum absolute atomic E-state index is 0.192. The van der Waals surface area contributed by atoms with Gasteiger partial charge in [0.2, 0.25) is 0 Å². The second kappa shape index (κ2) is 3.65. The Morgan fingerprint density at radius 1 is 1.56 bits per heavy atom. The summed E-state index contributed by atoms with van der Waals surface area (Å²) in [6.45, 7) is 3.92. The molecule has 0 atom stereocenters. The second-order valence-electron chi connectivity index (χ2n) is 3.48. The molecular weight excluding hydrogens is 224 g/mol. The largest absolute Gasteiger partial charge is 0.506 e. The normalized spacial score (nSPS) is 10.6. The topological polar surface area (TPSA) is 76.9 Å². The van der Waals surface area contributed by atoms with Crippen LogP contribution in [-0.2, 0) is 6.42 Å². The van der Waals surface area contributed by atoms with Gasteiger partial charge in [0, 0.05) is 4.88 Å².